The first-order valence-corrected chi connectivity index (χ1v) is 6.98. The lowest BCUT2D eigenvalue weighted by atomic mass is 10.2. The number of pyridine rings is 1. The van der Waals surface area contributed by atoms with E-state index in [9.17, 15) is 0 Å². The van der Waals surface area contributed by atoms with Gasteiger partial charge in [-0.1, -0.05) is 12.1 Å². The summed E-state index contributed by atoms with van der Waals surface area (Å²) in [4.78, 5) is 6.35. The van der Waals surface area contributed by atoms with Gasteiger partial charge in [-0.15, -0.1) is 0 Å². The number of benzene rings is 1. The second kappa shape index (κ2) is 8.03. The molecule has 0 saturated heterocycles. The van der Waals surface area contributed by atoms with Gasteiger partial charge in [0.15, 0.2) is 0 Å². The van der Waals surface area contributed by atoms with Crippen LogP contribution in [0.4, 0.5) is 0 Å². The van der Waals surface area contributed by atoms with Gasteiger partial charge in [-0.05, 0) is 43.3 Å². The van der Waals surface area contributed by atoms with Gasteiger partial charge in [0, 0.05) is 25.5 Å². The largest absolute Gasteiger partial charge is 0.494 e. The van der Waals surface area contributed by atoms with E-state index in [1.165, 1.54) is 5.56 Å². The standard InChI is InChI=1S/C17H19N3O/c1-20(14-16-6-3-8-19-13-16)9-4-10-21-17-7-2-5-15(11-17)12-18/h2-3,5-8,11,13H,4,9-10,14H2,1H3. The zero-order valence-corrected chi connectivity index (χ0v) is 12.2. The summed E-state index contributed by atoms with van der Waals surface area (Å²) >= 11 is 0. The summed E-state index contributed by atoms with van der Waals surface area (Å²) in [5.74, 6) is 0.754. The molecule has 1 heterocycles. The number of ether oxygens (including phenoxy) is 1. The summed E-state index contributed by atoms with van der Waals surface area (Å²) in [5, 5.41) is 8.83. The molecule has 4 nitrogen and oxygen atoms in total. The number of hydrogen-bond acceptors (Lipinski definition) is 4. The van der Waals surface area contributed by atoms with Crippen molar-refractivity contribution in [3.63, 3.8) is 0 Å². The van der Waals surface area contributed by atoms with Crippen LogP contribution in [0.2, 0.25) is 0 Å². The fourth-order valence-electron chi connectivity index (χ4n) is 2.06. The molecule has 0 N–H and O–H groups in total. The summed E-state index contributed by atoms with van der Waals surface area (Å²) in [6.45, 7) is 2.48. The molecule has 0 radical (unpaired) electrons. The van der Waals surface area contributed by atoms with Gasteiger partial charge in [0.2, 0.25) is 0 Å². The van der Waals surface area contributed by atoms with Crippen molar-refractivity contribution >= 4 is 0 Å². The number of nitriles is 1. The smallest absolute Gasteiger partial charge is 0.120 e. The second-order valence-electron chi connectivity index (χ2n) is 4.94. The van der Waals surface area contributed by atoms with Crippen molar-refractivity contribution < 1.29 is 4.74 Å². The van der Waals surface area contributed by atoms with E-state index in [1.807, 2.05) is 24.4 Å². The molecule has 0 bridgehead atoms. The average Bonchev–Trinajstić information content (AvgIpc) is 2.53. The van der Waals surface area contributed by atoms with E-state index >= 15 is 0 Å². The van der Waals surface area contributed by atoms with Crippen LogP contribution in [0.25, 0.3) is 0 Å². The van der Waals surface area contributed by atoms with Crippen LogP contribution in [-0.2, 0) is 6.54 Å². The molecule has 0 fully saturated rings. The van der Waals surface area contributed by atoms with Crippen LogP contribution in [0, 0.1) is 11.3 Å². The minimum absolute atomic E-state index is 0.626. The highest BCUT2D eigenvalue weighted by Crippen LogP contribution is 2.12. The highest BCUT2D eigenvalue weighted by molar-refractivity contribution is 5.36. The zero-order valence-electron chi connectivity index (χ0n) is 12.2. The predicted molar refractivity (Wildman–Crippen MR) is 81.8 cm³/mol. The molecule has 108 valence electrons. The molecule has 2 aromatic rings. The van der Waals surface area contributed by atoms with Crippen molar-refractivity contribution in [1.82, 2.24) is 9.88 Å². The molecule has 1 aromatic carbocycles. The Bertz CT molecular complexity index is 592. The summed E-state index contributed by atoms with van der Waals surface area (Å²) in [5.41, 5.74) is 1.84. The fraction of sp³-hybridized carbons (Fsp3) is 0.294. The quantitative estimate of drug-likeness (QED) is 0.732. The van der Waals surface area contributed by atoms with Crippen LogP contribution in [0.3, 0.4) is 0 Å². The van der Waals surface area contributed by atoms with Crippen LogP contribution in [0.1, 0.15) is 17.5 Å². The summed E-state index contributed by atoms with van der Waals surface area (Å²) in [7, 11) is 2.09. The first kappa shape index (κ1) is 15.0. The first-order chi connectivity index (χ1) is 10.3. The third kappa shape index (κ3) is 5.25. The highest BCUT2D eigenvalue weighted by atomic mass is 16.5. The molecular formula is C17H19N3O. The van der Waals surface area contributed by atoms with E-state index < -0.39 is 0 Å². The lowest BCUT2D eigenvalue weighted by Crippen LogP contribution is -2.20. The van der Waals surface area contributed by atoms with E-state index in [-0.39, 0.29) is 0 Å². The molecule has 4 heteroatoms. The van der Waals surface area contributed by atoms with Crippen LogP contribution in [-0.4, -0.2) is 30.1 Å². The monoisotopic (exact) mass is 281 g/mol. The summed E-state index contributed by atoms with van der Waals surface area (Å²) in [6, 6.07) is 13.4. The molecule has 0 aliphatic carbocycles. The third-order valence-electron chi connectivity index (χ3n) is 3.09. The van der Waals surface area contributed by atoms with Crippen LogP contribution in [0.15, 0.2) is 48.8 Å². The van der Waals surface area contributed by atoms with Gasteiger partial charge < -0.3 is 9.64 Å². The average molecular weight is 281 g/mol. The molecule has 0 aliphatic rings. The molecule has 21 heavy (non-hydrogen) atoms. The maximum absolute atomic E-state index is 8.83. The Morgan fingerprint density at radius 1 is 1.29 bits per heavy atom. The van der Waals surface area contributed by atoms with Gasteiger partial charge in [0.05, 0.1) is 18.2 Å². The SMILES string of the molecule is CN(CCCOc1cccc(C#N)c1)Cc1cccnc1. The van der Waals surface area contributed by atoms with E-state index in [0.717, 1.165) is 25.3 Å². The number of rotatable bonds is 7. The fourth-order valence-corrected chi connectivity index (χ4v) is 2.06. The van der Waals surface area contributed by atoms with Crippen molar-refractivity contribution in [2.24, 2.45) is 0 Å². The van der Waals surface area contributed by atoms with Gasteiger partial charge in [0.25, 0.3) is 0 Å². The molecule has 0 spiro atoms. The van der Waals surface area contributed by atoms with Gasteiger partial charge in [-0.3, -0.25) is 4.98 Å². The predicted octanol–water partition coefficient (Wildman–Crippen LogP) is 2.85. The van der Waals surface area contributed by atoms with Gasteiger partial charge in [0.1, 0.15) is 5.75 Å². The maximum atomic E-state index is 8.83. The molecule has 1 aromatic heterocycles. The minimum Gasteiger partial charge on any atom is -0.494 e. The van der Waals surface area contributed by atoms with Crippen LogP contribution < -0.4 is 4.74 Å². The van der Waals surface area contributed by atoms with Crippen molar-refractivity contribution in [2.75, 3.05) is 20.2 Å². The molecule has 0 saturated carbocycles. The van der Waals surface area contributed by atoms with Crippen molar-refractivity contribution in [3.05, 3.63) is 59.9 Å². The Labute approximate surface area is 125 Å². The molecule has 2 rings (SSSR count). The zero-order chi connectivity index (χ0) is 14.9. The number of aromatic nitrogens is 1. The third-order valence-corrected chi connectivity index (χ3v) is 3.09. The van der Waals surface area contributed by atoms with Gasteiger partial charge in [-0.2, -0.15) is 5.26 Å². The lowest BCUT2D eigenvalue weighted by Gasteiger charge is -2.16. The maximum Gasteiger partial charge on any atom is 0.120 e. The van der Waals surface area contributed by atoms with Crippen molar-refractivity contribution in [2.45, 2.75) is 13.0 Å². The Hall–Kier alpha value is -2.38. The Kier molecular flexibility index (Phi) is 5.74. The highest BCUT2D eigenvalue weighted by Gasteiger charge is 2.01. The summed E-state index contributed by atoms with van der Waals surface area (Å²) < 4.78 is 5.66. The first-order valence-electron chi connectivity index (χ1n) is 6.98. The molecule has 0 atom stereocenters. The molecule has 0 amide bonds. The second-order valence-corrected chi connectivity index (χ2v) is 4.94. The minimum atomic E-state index is 0.626. The Balaban J connectivity index is 1.68. The van der Waals surface area contributed by atoms with E-state index in [4.69, 9.17) is 10.00 Å². The molecule has 0 unspecified atom stereocenters. The van der Waals surface area contributed by atoms with Gasteiger partial charge >= 0.3 is 0 Å². The topological polar surface area (TPSA) is 49.1 Å². The number of nitrogens with zero attached hydrogens (tertiary/aromatic N) is 3. The van der Waals surface area contributed by atoms with E-state index in [2.05, 4.69) is 29.1 Å². The Morgan fingerprint density at radius 2 is 2.19 bits per heavy atom. The number of hydrogen-bond donors (Lipinski definition) is 0. The normalized spacial score (nSPS) is 10.3. The van der Waals surface area contributed by atoms with Crippen molar-refractivity contribution in [3.8, 4) is 11.8 Å². The van der Waals surface area contributed by atoms with E-state index in [1.54, 1.807) is 18.3 Å². The molecule has 0 aliphatic heterocycles. The Morgan fingerprint density at radius 3 is 2.95 bits per heavy atom. The van der Waals surface area contributed by atoms with E-state index in [0.29, 0.717) is 12.2 Å². The van der Waals surface area contributed by atoms with Crippen LogP contribution >= 0.6 is 0 Å². The van der Waals surface area contributed by atoms with Crippen molar-refractivity contribution in [1.29, 1.82) is 5.26 Å². The lowest BCUT2D eigenvalue weighted by molar-refractivity contribution is 0.258. The van der Waals surface area contributed by atoms with Crippen LogP contribution in [0.5, 0.6) is 5.75 Å². The van der Waals surface area contributed by atoms with Gasteiger partial charge in [-0.25, -0.2) is 0 Å². The summed E-state index contributed by atoms with van der Waals surface area (Å²) in [6.07, 6.45) is 4.61. The molecular weight excluding hydrogens is 262 g/mol.